The van der Waals surface area contributed by atoms with Gasteiger partial charge in [-0.15, -0.1) is 0 Å². The predicted octanol–water partition coefficient (Wildman–Crippen LogP) is 2.06. The normalized spacial score (nSPS) is 17.7. The Bertz CT molecular complexity index is 1270. The zero-order valence-electron chi connectivity index (χ0n) is 20.4. The van der Waals surface area contributed by atoms with Gasteiger partial charge in [-0.05, 0) is 62.1 Å². The number of hydrogen-bond acceptors (Lipinski definition) is 8. The Morgan fingerprint density at radius 1 is 1.11 bits per heavy atom. The number of para-hydroxylation sites is 1. The van der Waals surface area contributed by atoms with Crippen molar-refractivity contribution >= 4 is 33.4 Å². The third-order valence-electron chi connectivity index (χ3n) is 6.72. The van der Waals surface area contributed by atoms with E-state index in [-0.39, 0.29) is 62.6 Å². The van der Waals surface area contributed by atoms with Crippen LogP contribution in [0.1, 0.15) is 24.8 Å². The molecule has 0 spiro atoms. The molecule has 2 aromatic carbocycles. The molecule has 0 aromatic heterocycles. The molecule has 11 nitrogen and oxygen atoms in total. The van der Waals surface area contributed by atoms with Crippen LogP contribution < -0.4 is 15.1 Å². The van der Waals surface area contributed by atoms with Crippen molar-refractivity contribution in [3.05, 3.63) is 54.1 Å². The van der Waals surface area contributed by atoms with E-state index >= 15 is 0 Å². The van der Waals surface area contributed by atoms with Gasteiger partial charge >= 0.3 is 6.03 Å². The molecule has 198 valence electrons. The summed E-state index contributed by atoms with van der Waals surface area (Å²) in [4.78, 5) is 40.1. The number of nitrogens with one attached hydrogen (secondary N) is 1. The van der Waals surface area contributed by atoms with Crippen LogP contribution in [0.2, 0.25) is 0 Å². The molecule has 2 aliphatic rings. The number of benzene rings is 2. The Morgan fingerprint density at radius 2 is 1.78 bits per heavy atom. The average molecular weight is 532 g/mol. The van der Waals surface area contributed by atoms with Gasteiger partial charge in [0.05, 0.1) is 11.5 Å². The Labute approximate surface area is 214 Å². The van der Waals surface area contributed by atoms with Gasteiger partial charge in [-0.25, -0.2) is 18.7 Å². The number of aryl methyl sites for hydroxylation is 1. The Hall–Kier alpha value is -3.48. The minimum Gasteiger partial charge on any atom is -0.494 e. The monoisotopic (exact) mass is 531 g/mol. The first-order valence-electron chi connectivity index (χ1n) is 11.9. The summed E-state index contributed by atoms with van der Waals surface area (Å²) in [6.07, 6.45) is 0.239. The third-order valence-corrected chi connectivity index (χ3v) is 9.24. The van der Waals surface area contributed by atoms with Gasteiger partial charge in [-0.1, -0.05) is 18.2 Å². The molecular formula is C25H29N3O8S. The predicted molar refractivity (Wildman–Crippen MR) is 132 cm³/mol. The number of carbonyl (C=O) groups excluding carboxylic acids is 3. The zero-order chi connectivity index (χ0) is 26.6. The number of carbonyl (C=O) groups is 3. The maximum absolute atomic E-state index is 13.3. The van der Waals surface area contributed by atoms with Crippen LogP contribution in [0.5, 0.6) is 5.75 Å². The van der Waals surface area contributed by atoms with Crippen molar-refractivity contribution in [3.8, 4) is 5.75 Å². The average Bonchev–Trinajstić information content (AvgIpc) is 3.19. The minimum absolute atomic E-state index is 0.0115. The number of anilines is 1. The number of rotatable bonds is 9. The summed E-state index contributed by atoms with van der Waals surface area (Å²) >= 11 is 0. The molecule has 12 heteroatoms. The van der Waals surface area contributed by atoms with Gasteiger partial charge in [-0.3, -0.25) is 24.6 Å². The quantitative estimate of drug-likeness (QED) is 0.217. The van der Waals surface area contributed by atoms with Crippen LogP contribution in [0.15, 0.2) is 53.4 Å². The number of urea groups is 1. The second-order valence-corrected chi connectivity index (χ2v) is 11.2. The minimum atomic E-state index is -4.13. The van der Waals surface area contributed by atoms with Gasteiger partial charge in [0, 0.05) is 25.4 Å². The van der Waals surface area contributed by atoms with Gasteiger partial charge in [-0.2, -0.15) is 0 Å². The maximum atomic E-state index is 13.3. The number of nitrogens with zero attached hydrogens (tertiary/aromatic N) is 2. The lowest BCUT2D eigenvalue weighted by Crippen LogP contribution is -2.54. The van der Waals surface area contributed by atoms with Crippen LogP contribution in [0.3, 0.4) is 0 Å². The van der Waals surface area contributed by atoms with E-state index in [4.69, 9.17) is 14.7 Å². The highest BCUT2D eigenvalue weighted by molar-refractivity contribution is 7.93. The van der Waals surface area contributed by atoms with Crippen molar-refractivity contribution in [2.45, 2.75) is 35.8 Å². The lowest BCUT2D eigenvalue weighted by atomic mass is 9.98. The summed E-state index contributed by atoms with van der Waals surface area (Å²) < 4.78 is 35.7. The Kier molecular flexibility index (Phi) is 7.81. The van der Waals surface area contributed by atoms with Crippen LogP contribution in [0, 0.1) is 6.92 Å². The summed E-state index contributed by atoms with van der Waals surface area (Å²) in [5.74, 6) is -0.868. The highest BCUT2D eigenvalue weighted by Crippen LogP contribution is 2.36. The zero-order valence-corrected chi connectivity index (χ0v) is 21.2. The molecule has 0 saturated carbocycles. The smallest absolute Gasteiger partial charge is 0.331 e. The molecular weight excluding hydrogens is 502 g/mol. The first kappa shape index (κ1) is 26.6. The summed E-state index contributed by atoms with van der Waals surface area (Å²) in [5, 5.41) is 9.15. The lowest BCUT2D eigenvalue weighted by molar-refractivity contribution is -0.134. The fourth-order valence-electron chi connectivity index (χ4n) is 4.59. The molecule has 4 rings (SSSR count). The molecule has 2 aliphatic heterocycles. The summed E-state index contributed by atoms with van der Waals surface area (Å²) in [7, 11) is -4.13. The standard InChI is InChI=1S/C25H29N3O8S/c1-18-5-2-3-6-21(18)28-17-22(29)27(24(28)31)13-4-14-36-19-7-9-20(10-8-19)37(33,34)25(23(30)26-32)11-15-35-16-12-25/h2-3,5-10,32H,4,11-17H2,1H3,(H,26,30). The first-order valence-corrected chi connectivity index (χ1v) is 13.4. The second-order valence-electron chi connectivity index (χ2n) is 8.93. The second kappa shape index (κ2) is 10.9. The van der Waals surface area contributed by atoms with Gasteiger partial charge < -0.3 is 9.47 Å². The Morgan fingerprint density at radius 3 is 2.43 bits per heavy atom. The van der Waals surface area contributed by atoms with E-state index in [0.29, 0.717) is 17.9 Å². The van der Waals surface area contributed by atoms with Gasteiger partial charge in [0.25, 0.3) is 11.8 Å². The molecule has 2 saturated heterocycles. The number of hydroxylamine groups is 1. The highest BCUT2D eigenvalue weighted by atomic mass is 32.2. The van der Waals surface area contributed by atoms with Crippen molar-refractivity contribution in [2.24, 2.45) is 0 Å². The van der Waals surface area contributed by atoms with Crippen LogP contribution in [0.4, 0.5) is 10.5 Å². The third kappa shape index (κ3) is 5.04. The van der Waals surface area contributed by atoms with Crippen LogP contribution in [-0.4, -0.2) is 74.0 Å². The first-order chi connectivity index (χ1) is 17.7. The topological polar surface area (TPSA) is 143 Å². The molecule has 0 aliphatic carbocycles. The Balaban J connectivity index is 1.34. The van der Waals surface area contributed by atoms with E-state index in [0.717, 1.165) is 5.56 Å². The van der Waals surface area contributed by atoms with Crippen molar-refractivity contribution < 1.29 is 37.5 Å². The molecule has 0 unspecified atom stereocenters. The van der Waals surface area contributed by atoms with Crippen LogP contribution >= 0.6 is 0 Å². The molecule has 4 amide bonds. The van der Waals surface area contributed by atoms with E-state index < -0.39 is 20.5 Å². The molecule has 2 N–H and O–H groups in total. The van der Waals surface area contributed by atoms with E-state index in [2.05, 4.69) is 0 Å². The van der Waals surface area contributed by atoms with E-state index in [1.807, 2.05) is 25.1 Å². The molecule has 2 aromatic rings. The van der Waals surface area contributed by atoms with Gasteiger partial charge in [0.2, 0.25) is 0 Å². The summed E-state index contributed by atoms with van der Waals surface area (Å²) in [6.45, 7) is 2.42. The van der Waals surface area contributed by atoms with Gasteiger partial charge in [0.15, 0.2) is 14.6 Å². The fraction of sp³-hybridized carbons (Fsp3) is 0.400. The maximum Gasteiger partial charge on any atom is 0.331 e. The van der Waals surface area contributed by atoms with Crippen molar-refractivity contribution in [2.75, 3.05) is 37.8 Å². The van der Waals surface area contributed by atoms with E-state index in [9.17, 15) is 22.8 Å². The SMILES string of the molecule is Cc1ccccc1N1CC(=O)N(CCCOc2ccc(S(=O)(=O)C3(C(=O)NO)CCOCC3)cc2)C1=O. The summed E-state index contributed by atoms with van der Waals surface area (Å²) in [5.41, 5.74) is 3.09. The van der Waals surface area contributed by atoms with Crippen molar-refractivity contribution in [3.63, 3.8) is 0 Å². The molecule has 2 fully saturated rings. The van der Waals surface area contributed by atoms with E-state index in [1.165, 1.54) is 39.5 Å². The number of sulfone groups is 1. The van der Waals surface area contributed by atoms with Crippen LogP contribution in [0.25, 0.3) is 0 Å². The molecule has 0 atom stereocenters. The molecule has 2 heterocycles. The lowest BCUT2D eigenvalue weighted by Gasteiger charge is -2.34. The number of hydrogen-bond donors (Lipinski definition) is 2. The number of ether oxygens (including phenoxy) is 2. The highest BCUT2D eigenvalue weighted by Gasteiger charge is 2.52. The van der Waals surface area contributed by atoms with Crippen LogP contribution in [-0.2, 0) is 24.2 Å². The molecule has 37 heavy (non-hydrogen) atoms. The van der Waals surface area contributed by atoms with Crippen molar-refractivity contribution in [1.29, 1.82) is 0 Å². The van der Waals surface area contributed by atoms with Crippen molar-refractivity contribution in [1.82, 2.24) is 10.4 Å². The molecule has 0 radical (unpaired) electrons. The summed E-state index contributed by atoms with van der Waals surface area (Å²) in [6, 6.07) is 12.6. The van der Waals surface area contributed by atoms with E-state index in [1.54, 1.807) is 6.07 Å². The number of amides is 4. The largest absolute Gasteiger partial charge is 0.494 e. The number of imide groups is 1. The fourth-order valence-corrected chi connectivity index (χ4v) is 6.53. The van der Waals surface area contributed by atoms with Gasteiger partial charge in [0.1, 0.15) is 12.3 Å². The molecule has 0 bridgehead atoms.